The van der Waals surface area contributed by atoms with Crippen LogP contribution in [-0.4, -0.2) is 30.5 Å². The van der Waals surface area contributed by atoms with Crippen LogP contribution in [-0.2, 0) is 20.3 Å². The molecular formula is C12H18O3S. The summed E-state index contributed by atoms with van der Waals surface area (Å²) in [6.45, 7) is 4.05. The van der Waals surface area contributed by atoms with E-state index in [4.69, 9.17) is 9.47 Å². The first-order chi connectivity index (χ1) is 7.58. The molecule has 4 heteroatoms. The summed E-state index contributed by atoms with van der Waals surface area (Å²) in [5.41, 5.74) is 2.35. The number of benzene rings is 1. The van der Waals surface area contributed by atoms with Crippen LogP contribution in [0, 0.1) is 13.8 Å². The van der Waals surface area contributed by atoms with Crippen molar-refractivity contribution in [3.05, 3.63) is 29.3 Å². The zero-order chi connectivity index (χ0) is 12.1. The minimum absolute atomic E-state index is 0.357. The molecule has 0 aliphatic rings. The van der Waals surface area contributed by atoms with E-state index in [0.717, 1.165) is 10.5 Å². The first-order valence-corrected chi connectivity index (χ1v) is 6.41. The second-order valence-corrected chi connectivity index (χ2v) is 5.15. The predicted octanol–water partition coefficient (Wildman–Crippen LogP) is 2.03. The third kappa shape index (κ3) is 3.40. The van der Waals surface area contributed by atoms with E-state index in [2.05, 4.69) is 0 Å². The molecule has 16 heavy (non-hydrogen) atoms. The molecule has 0 spiro atoms. The van der Waals surface area contributed by atoms with E-state index < -0.39 is 17.1 Å². The Hall–Kier alpha value is -0.710. The van der Waals surface area contributed by atoms with Gasteiger partial charge in [0.05, 0.1) is 16.6 Å². The maximum atomic E-state index is 12.0. The van der Waals surface area contributed by atoms with Crippen LogP contribution >= 0.6 is 0 Å². The largest absolute Gasteiger partial charge is 0.355 e. The van der Waals surface area contributed by atoms with Gasteiger partial charge in [-0.15, -0.1) is 0 Å². The Morgan fingerprint density at radius 2 is 1.81 bits per heavy atom. The molecule has 0 bridgehead atoms. The lowest BCUT2D eigenvalue weighted by Crippen LogP contribution is -2.21. The summed E-state index contributed by atoms with van der Waals surface area (Å²) in [5, 5.41) is 0. The van der Waals surface area contributed by atoms with Gasteiger partial charge in [-0.3, -0.25) is 4.21 Å². The van der Waals surface area contributed by atoms with Crippen LogP contribution in [0.3, 0.4) is 0 Å². The van der Waals surface area contributed by atoms with E-state index in [0.29, 0.717) is 5.75 Å². The first kappa shape index (κ1) is 13.4. The Kier molecular flexibility index (Phi) is 5.12. The summed E-state index contributed by atoms with van der Waals surface area (Å²) in [6.07, 6.45) is -0.414. The Labute approximate surface area is 99.2 Å². The van der Waals surface area contributed by atoms with Gasteiger partial charge in [0.2, 0.25) is 0 Å². The van der Waals surface area contributed by atoms with Crippen molar-refractivity contribution in [1.29, 1.82) is 0 Å². The van der Waals surface area contributed by atoms with E-state index in [-0.39, 0.29) is 0 Å². The molecule has 0 aromatic heterocycles. The SMILES string of the molecule is COC(CS(=O)c1ccc(C)c(C)c1)OC. The number of hydrogen-bond donors (Lipinski definition) is 0. The molecule has 0 saturated heterocycles. The van der Waals surface area contributed by atoms with E-state index in [1.54, 1.807) is 14.2 Å². The fourth-order valence-electron chi connectivity index (χ4n) is 1.31. The highest BCUT2D eigenvalue weighted by atomic mass is 32.2. The second-order valence-electron chi connectivity index (χ2n) is 3.66. The lowest BCUT2D eigenvalue weighted by atomic mass is 10.1. The summed E-state index contributed by atoms with van der Waals surface area (Å²) >= 11 is 0. The van der Waals surface area contributed by atoms with E-state index in [1.807, 2.05) is 32.0 Å². The molecule has 3 nitrogen and oxygen atoms in total. The molecule has 0 heterocycles. The van der Waals surface area contributed by atoms with Crippen LogP contribution in [0.4, 0.5) is 0 Å². The normalized spacial score (nSPS) is 13.1. The summed E-state index contributed by atoms with van der Waals surface area (Å²) in [6, 6.07) is 5.83. The van der Waals surface area contributed by atoms with Crippen LogP contribution in [0.25, 0.3) is 0 Å². The molecule has 0 amide bonds. The molecule has 0 radical (unpaired) electrons. The minimum atomic E-state index is -1.08. The van der Waals surface area contributed by atoms with E-state index in [9.17, 15) is 4.21 Å². The smallest absolute Gasteiger partial charge is 0.168 e. The monoisotopic (exact) mass is 242 g/mol. The van der Waals surface area contributed by atoms with Crippen LogP contribution in [0.15, 0.2) is 23.1 Å². The lowest BCUT2D eigenvalue weighted by Gasteiger charge is -2.13. The third-order valence-corrected chi connectivity index (χ3v) is 3.91. The van der Waals surface area contributed by atoms with Gasteiger partial charge >= 0.3 is 0 Å². The summed E-state index contributed by atoms with van der Waals surface area (Å²) in [5.74, 6) is 0.357. The summed E-state index contributed by atoms with van der Waals surface area (Å²) < 4.78 is 22.0. The van der Waals surface area contributed by atoms with Crippen LogP contribution in [0.5, 0.6) is 0 Å². The van der Waals surface area contributed by atoms with Gasteiger partial charge in [0, 0.05) is 19.1 Å². The van der Waals surface area contributed by atoms with Gasteiger partial charge in [0.25, 0.3) is 0 Å². The maximum Gasteiger partial charge on any atom is 0.168 e. The molecule has 90 valence electrons. The van der Waals surface area contributed by atoms with Gasteiger partial charge in [-0.1, -0.05) is 6.07 Å². The molecule has 1 aromatic rings. The highest BCUT2D eigenvalue weighted by Crippen LogP contribution is 2.14. The summed E-state index contributed by atoms with van der Waals surface area (Å²) in [4.78, 5) is 0.821. The van der Waals surface area contributed by atoms with Crippen LogP contribution in [0.1, 0.15) is 11.1 Å². The highest BCUT2D eigenvalue weighted by molar-refractivity contribution is 7.85. The quantitative estimate of drug-likeness (QED) is 0.741. The van der Waals surface area contributed by atoms with Crippen molar-refractivity contribution in [3.8, 4) is 0 Å². The van der Waals surface area contributed by atoms with Gasteiger partial charge in [0.1, 0.15) is 0 Å². The molecule has 0 saturated carbocycles. The van der Waals surface area contributed by atoms with Crippen molar-refractivity contribution in [2.75, 3.05) is 20.0 Å². The van der Waals surface area contributed by atoms with E-state index >= 15 is 0 Å². The average Bonchev–Trinajstić information content (AvgIpc) is 2.29. The Morgan fingerprint density at radius 3 is 2.31 bits per heavy atom. The van der Waals surface area contributed by atoms with Crippen LogP contribution in [0.2, 0.25) is 0 Å². The Bertz CT molecular complexity index is 373. The maximum absolute atomic E-state index is 12.0. The minimum Gasteiger partial charge on any atom is -0.355 e. The van der Waals surface area contributed by atoms with E-state index in [1.165, 1.54) is 5.56 Å². The zero-order valence-electron chi connectivity index (χ0n) is 10.1. The topological polar surface area (TPSA) is 35.5 Å². The molecule has 0 N–H and O–H groups in total. The van der Waals surface area contributed by atoms with Crippen molar-refractivity contribution >= 4 is 10.8 Å². The van der Waals surface area contributed by atoms with Crippen molar-refractivity contribution in [3.63, 3.8) is 0 Å². The predicted molar refractivity (Wildman–Crippen MR) is 65.0 cm³/mol. The molecule has 1 unspecified atom stereocenters. The molecule has 0 aliphatic carbocycles. The van der Waals surface area contributed by atoms with Crippen molar-refractivity contribution < 1.29 is 13.7 Å². The highest BCUT2D eigenvalue weighted by Gasteiger charge is 2.12. The Balaban J connectivity index is 2.76. The van der Waals surface area contributed by atoms with Gasteiger partial charge in [-0.05, 0) is 37.1 Å². The standard InChI is InChI=1S/C12H18O3S/c1-9-5-6-11(7-10(9)2)16(13)8-12(14-3)15-4/h5-7,12H,8H2,1-4H3. The van der Waals surface area contributed by atoms with Crippen molar-refractivity contribution in [2.24, 2.45) is 0 Å². The van der Waals surface area contributed by atoms with Crippen molar-refractivity contribution in [1.82, 2.24) is 0 Å². The average molecular weight is 242 g/mol. The number of ether oxygens (including phenoxy) is 2. The Morgan fingerprint density at radius 1 is 1.19 bits per heavy atom. The number of aryl methyl sites for hydroxylation is 2. The fraction of sp³-hybridized carbons (Fsp3) is 0.500. The molecule has 0 fully saturated rings. The first-order valence-electron chi connectivity index (χ1n) is 5.09. The molecule has 1 rings (SSSR count). The lowest BCUT2D eigenvalue weighted by molar-refractivity contribution is -0.0847. The summed E-state index contributed by atoms with van der Waals surface area (Å²) in [7, 11) is 2.01. The number of rotatable bonds is 5. The van der Waals surface area contributed by atoms with Gasteiger partial charge in [0.15, 0.2) is 6.29 Å². The third-order valence-electron chi connectivity index (χ3n) is 2.55. The second kappa shape index (κ2) is 6.13. The van der Waals surface area contributed by atoms with Gasteiger partial charge < -0.3 is 9.47 Å². The number of methoxy groups -OCH3 is 2. The van der Waals surface area contributed by atoms with Crippen LogP contribution < -0.4 is 0 Å². The van der Waals surface area contributed by atoms with Gasteiger partial charge in [-0.25, -0.2) is 0 Å². The molecule has 1 aromatic carbocycles. The van der Waals surface area contributed by atoms with Crippen molar-refractivity contribution in [2.45, 2.75) is 25.0 Å². The number of hydrogen-bond acceptors (Lipinski definition) is 3. The zero-order valence-corrected chi connectivity index (χ0v) is 11.0. The molecular weight excluding hydrogens is 224 g/mol. The molecule has 1 atom stereocenters. The fourth-order valence-corrected chi connectivity index (χ4v) is 2.55. The van der Waals surface area contributed by atoms with Gasteiger partial charge in [-0.2, -0.15) is 0 Å². The molecule has 0 aliphatic heterocycles.